The van der Waals surface area contributed by atoms with Crippen molar-refractivity contribution >= 4 is 17.5 Å². The van der Waals surface area contributed by atoms with Crippen LogP contribution in [0, 0.1) is 6.92 Å². The molecule has 190 valence electrons. The highest BCUT2D eigenvalue weighted by Gasteiger charge is 2.23. The lowest BCUT2D eigenvalue weighted by molar-refractivity contribution is -0.138. The van der Waals surface area contributed by atoms with Crippen molar-refractivity contribution < 1.29 is 14.3 Å². The molecular weight excluding hydrogens is 464 g/mol. The number of carbonyl (C=O) groups excluding carboxylic acids is 2. The van der Waals surface area contributed by atoms with E-state index in [2.05, 4.69) is 47.9 Å². The quantitative estimate of drug-likeness (QED) is 0.391. The summed E-state index contributed by atoms with van der Waals surface area (Å²) in [6.45, 7) is 6.00. The van der Waals surface area contributed by atoms with Crippen molar-refractivity contribution in [2.45, 2.75) is 26.7 Å². The first-order valence-electron chi connectivity index (χ1n) is 12.7. The molecule has 1 saturated heterocycles. The number of benzene rings is 2. The van der Waals surface area contributed by atoms with Gasteiger partial charge in [0.1, 0.15) is 11.4 Å². The third kappa shape index (κ3) is 5.21. The largest absolute Gasteiger partial charge is 0.497 e. The number of fused-ring (bicyclic) bond motifs is 1. The molecule has 4 aromatic rings. The number of methoxy groups -OCH3 is 1. The second-order valence-electron chi connectivity index (χ2n) is 9.54. The van der Waals surface area contributed by atoms with E-state index in [0.717, 1.165) is 39.5 Å². The van der Waals surface area contributed by atoms with Crippen LogP contribution in [0.4, 0.5) is 0 Å². The summed E-state index contributed by atoms with van der Waals surface area (Å²) in [5.41, 5.74) is 7.09. The number of rotatable bonds is 6. The Morgan fingerprint density at radius 2 is 1.62 bits per heavy atom. The number of amides is 2. The van der Waals surface area contributed by atoms with E-state index in [1.807, 2.05) is 35.2 Å². The summed E-state index contributed by atoms with van der Waals surface area (Å²) in [6.07, 6.45) is 3.04. The second-order valence-corrected chi connectivity index (χ2v) is 9.54. The standard InChI is InChI=1S/C30H32N4O3/c1-21-6-4-7-23(18-21)25-10-12-28-31-30(24-8-5-9-26(19-24)37-3)27(34(28)20-25)11-13-29(36)33-16-14-32(15-17-33)22(2)35/h4-10,12,18-20H,11,13-17H2,1-3H3. The molecular formula is C30H32N4O3. The van der Waals surface area contributed by atoms with Crippen LogP contribution in [-0.2, 0) is 16.0 Å². The zero-order chi connectivity index (χ0) is 25.9. The van der Waals surface area contributed by atoms with Crippen LogP contribution in [0.25, 0.3) is 28.0 Å². The number of nitrogens with zero attached hydrogens (tertiary/aromatic N) is 4. The van der Waals surface area contributed by atoms with Gasteiger partial charge in [0.25, 0.3) is 0 Å². The first-order valence-corrected chi connectivity index (χ1v) is 12.7. The molecule has 0 N–H and O–H groups in total. The molecule has 2 aromatic heterocycles. The van der Waals surface area contributed by atoms with E-state index < -0.39 is 0 Å². The summed E-state index contributed by atoms with van der Waals surface area (Å²) in [6, 6.07) is 20.4. The number of piperazine rings is 1. The molecule has 3 heterocycles. The Labute approximate surface area is 217 Å². The highest BCUT2D eigenvalue weighted by atomic mass is 16.5. The average Bonchev–Trinajstić information content (AvgIpc) is 3.29. The predicted molar refractivity (Wildman–Crippen MR) is 145 cm³/mol. The van der Waals surface area contributed by atoms with Crippen LogP contribution in [0.3, 0.4) is 0 Å². The highest BCUT2D eigenvalue weighted by Crippen LogP contribution is 2.30. The molecule has 7 nitrogen and oxygen atoms in total. The van der Waals surface area contributed by atoms with Gasteiger partial charge in [-0.25, -0.2) is 4.98 Å². The van der Waals surface area contributed by atoms with Crippen LogP contribution in [0.2, 0.25) is 0 Å². The maximum Gasteiger partial charge on any atom is 0.223 e. The minimum atomic E-state index is 0.0603. The first kappa shape index (κ1) is 24.6. The topological polar surface area (TPSA) is 67.2 Å². The van der Waals surface area contributed by atoms with Gasteiger partial charge >= 0.3 is 0 Å². The maximum absolute atomic E-state index is 13.2. The Balaban J connectivity index is 1.48. The van der Waals surface area contributed by atoms with Crippen molar-refractivity contribution in [3.63, 3.8) is 0 Å². The summed E-state index contributed by atoms with van der Waals surface area (Å²) in [4.78, 5) is 33.4. The van der Waals surface area contributed by atoms with E-state index in [1.54, 1.807) is 18.9 Å². The fraction of sp³-hybridized carbons (Fsp3) is 0.300. The van der Waals surface area contributed by atoms with Crippen molar-refractivity contribution in [1.29, 1.82) is 0 Å². The monoisotopic (exact) mass is 496 g/mol. The number of aryl methyl sites for hydroxylation is 2. The SMILES string of the molecule is COc1cccc(-c2nc3ccc(-c4cccc(C)c4)cn3c2CCC(=O)N2CCN(C(C)=O)CC2)c1. The number of hydrogen-bond donors (Lipinski definition) is 0. The lowest BCUT2D eigenvalue weighted by Crippen LogP contribution is -2.50. The van der Waals surface area contributed by atoms with Gasteiger partial charge in [0.2, 0.25) is 11.8 Å². The zero-order valence-electron chi connectivity index (χ0n) is 21.6. The van der Waals surface area contributed by atoms with Gasteiger partial charge in [-0.2, -0.15) is 0 Å². The highest BCUT2D eigenvalue weighted by molar-refractivity contribution is 5.78. The average molecular weight is 497 g/mol. The number of aromatic nitrogens is 2. The van der Waals surface area contributed by atoms with Crippen molar-refractivity contribution in [2.75, 3.05) is 33.3 Å². The second kappa shape index (κ2) is 10.5. The van der Waals surface area contributed by atoms with Gasteiger partial charge in [0.15, 0.2) is 0 Å². The van der Waals surface area contributed by atoms with Crippen LogP contribution < -0.4 is 4.74 Å². The summed E-state index contributed by atoms with van der Waals surface area (Å²) in [7, 11) is 1.66. The van der Waals surface area contributed by atoms with Gasteiger partial charge in [-0.05, 0) is 48.7 Å². The Morgan fingerprint density at radius 3 is 2.35 bits per heavy atom. The molecule has 5 rings (SSSR count). The minimum absolute atomic E-state index is 0.0603. The van der Waals surface area contributed by atoms with Crippen molar-refractivity contribution in [3.05, 3.63) is 78.1 Å². The summed E-state index contributed by atoms with van der Waals surface area (Å²) >= 11 is 0. The molecule has 1 fully saturated rings. The smallest absolute Gasteiger partial charge is 0.223 e. The maximum atomic E-state index is 13.2. The number of hydrogen-bond acceptors (Lipinski definition) is 4. The van der Waals surface area contributed by atoms with Gasteiger partial charge in [0, 0.05) is 51.3 Å². The molecule has 0 unspecified atom stereocenters. The van der Waals surface area contributed by atoms with Crippen LogP contribution in [0.15, 0.2) is 66.9 Å². The van der Waals surface area contributed by atoms with Gasteiger partial charge in [-0.1, -0.05) is 42.0 Å². The third-order valence-corrected chi connectivity index (χ3v) is 7.07. The number of carbonyl (C=O) groups is 2. The molecule has 0 atom stereocenters. The molecule has 7 heteroatoms. The van der Waals surface area contributed by atoms with E-state index in [4.69, 9.17) is 9.72 Å². The fourth-order valence-corrected chi connectivity index (χ4v) is 4.98. The number of pyridine rings is 1. The zero-order valence-corrected chi connectivity index (χ0v) is 21.6. The van der Waals surface area contributed by atoms with Crippen LogP contribution >= 0.6 is 0 Å². The third-order valence-electron chi connectivity index (χ3n) is 7.07. The number of ether oxygens (including phenoxy) is 1. The molecule has 0 radical (unpaired) electrons. The van der Waals surface area contributed by atoms with Crippen LogP contribution in [0.5, 0.6) is 5.75 Å². The molecule has 2 amide bonds. The van der Waals surface area contributed by atoms with E-state index in [0.29, 0.717) is 39.0 Å². The van der Waals surface area contributed by atoms with Crippen LogP contribution in [-0.4, -0.2) is 64.3 Å². The Morgan fingerprint density at radius 1 is 0.892 bits per heavy atom. The van der Waals surface area contributed by atoms with Crippen molar-refractivity contribution in [2.24, 2.45) is 0 Å². The Bertz CT molecular complexity index is 1450. The lowest BCUT2D eigenvalue weighted by Gasteiger charge is -2.34. The molecule has 1 aliphatic rings. The summed E-state index contributed by atoms with van der Waals surface area (Å²) in [5, 5.41) is 0. The summed E-state index contributed by atoms with van der Waals surface area (Å²) < 4.78 is 7.58. The predicted octanol–water partition coefficient (Wildman–Crippen LogP) is 4.61. The first-order chi connectivity index (χ1) is 17.9. The van der Waals surface area contributed by atoms with Gasteiger partial charge < -0.3 is 18.9 Å². The van der Waals surface area contributed by atoms with Gasteiger partial charge in [0.05, 0.1) is 18.5 Å². The molecule has 2 aromatic carbocycles. The van der Waals surface area contributed by atoms with Gasteiger partial charge in [-0.3, -0.25) is 9.59 Å². The van der Waals surface area contributed by atoms with E-state index in [-0.39, 0.29) is 11.8 Å². The van der Waals surface area contributed by atoms with Crippen molar-refractivity contribution in [1.82, 2.24) is 19.2 Å². The molecule has 0 bridgehead atoms. The Hall–Kier alpha value is -4.13. The number of imidazole rings is 1. The van der Waals surface area contributed by atoms with Crippen LogP contribution in [0.1, 0.15) is 24.6 Å². The summed E-state index contributed by atoms with van der Waals surface area (Å²) in [5.74, 6) is 0.926. The van der Waals surface area contributed by atoms with Crippen molar-refractivity contribution in [3.8, 4) is 28.1 Å². The molecule has 0 spiro atoms. The van der Waals surface area contributed by atoms with E-state index in [1.165, 1.54) is 5.56 Å². The van der Waals surface area contributed by atoms with Gasteiger partial charge in [-0.15, -0.1) is 0 Å². The Kier molecular flexibility index (Phi) is 6.95. The fourth-order valence-electron chi connectivity index (χ4n) is 4.98. The van der Waals surface area contributed by atoms with E-state index in [9.17, 15) is 9.59 Å². The van der Waals surface area contributed by atoms with E-state index >= 15 is 0 Å². The molecule has 0 aliphatic carbocycles. The minimum Gasteiger partial charge on any atom is -0.497 e. The molecule has 1 aliphatic heterocycles. The molecule has 0 saturated carbocycles. The normalized spacial score (nSPS) is 13.7. The lowest BCUT2D eigenvalue weighted by atomic mass is 10.0. The molecule has 37 heavy (non-hydrogen) atoms.